The Kier molecular flexibility index (Phi) is 5.04. The van der Waals surface area contributed by atoms with Crippen LogP contribution in [0.4, 0.5) is 4.39 Å². The van der Waals surface area contributed by atoms with E-state index in [9.17, 15) is 23.5 Å². The van der Waals surface area contributed by atoms with Crippen molar-refractivity contribution >= 4 is 34.8 Å². The lowest BCUT2D eigenvalue weighted by Gasteiger charge is -2.10. The lowest BCUT2D eigenvalue weighted by atomic mass is 10.1. The number of fused-ring (bicyclic) bond motifs is 5. The maximum absolute atomic E-state index is 14.4. The molecule has 3 heterocycles. The van der Waals surface area contributed by atoms with Crippen LogP contribution in [0.15, 0.2) is 41.3 Å². The first kappa shape index (κ1) is 21.6. The van der Waals surface area contributed by atoms with E-state index in [2.05, 4.69) is 4.98 Å². The Bertz CT molecular complexity index is 1520. The molecule has 9 nitrogen and oxygen atoms in total. The number of benzene rings is 2. The maximum atomic E-state index is 14.4. The molecule has 172 valence electrons. The van der Waals surface area contributed by atoms with Crippen molar-refractivity contribution in [2.24, 2.45) is 5.92 Å². The Hall–Kier alpha value is -3.20. The number of pyridine rings is 1. The number of hydrogen-bond donors (Lipinski definition) is 2. The fraction of sp³-hybridized carbons (Fsp3) is 0.273. The predicted molar refractivity (Wildman–Crippen MR) is 120 cm³/mol. The first-order valence-electron chi connectivity index (χ1n) is 10.3. The van der Waals surface area contributed by atoms with E-state index in [-0.39, 0.29) is 24.9 Å². The molecule has 0 amide bonds. The molecule has 0 saturated carbocycles. The van der Waals surface area contributed by atoms with E-state index in [1.807, 2.05) is 19.9 Å². The van der Waals surface area contributed by atoms with Crippen molar-refractivity contribution in [3.8, 4) is 11.5 Å². The first-order valence-corrected chi connectivity index (χ1v) is 11.9. The zero-order valence-corrected chi connectivity index (χ0v) is 18.8. The van der Waals surface area contributed by atoms with Crippen LogP contribution in [0.3, 0.4) is 0 Å². The van der Waals surface area contributed by atoms with E-state index >= 15 is 0 Å². The number of aromatic nitrogens is 3. The van der Waals surface area contributed by atoms with E-state index < -0.39 is 18.7 Å². The van der Waals surface area contributed by atoms with Crippen LogP contribution in [0.25, 0.3) is 21.9 Å². The first-order chi connectivity index (χ1) is 15.6. The van der Waals surface area contributed by atoms with Gasteiger partial charge < -0.3 is 19.3 Å². The van der Waals surface area contributed by atoms with Crippen molar-refractivity contribution in [1.82, 2.24) is 14.1 Å². The Morgan fingerprint density at radius 1 is 1.18 bits per heavy atom. The molecular weight excluding hydrogens is 452 g/mol. The molecule has 11 heteroatoms. The fourth-order valence-electron chi connectivity index (χ4n) is 4.18. The molecule has 1 aliphatic rings. The summed E-state index contributed by atoms with van der Waals surface area (Å²) in [5, 5.41) is 0.00635. The van der Waals surface area contributed by atoms with Crippen LogP contribution in [0, 0.1) is 11.7 Å². The fourth-order valence-corrected chi connectivity index (χ4v) is 4.79. The Morgan fingerprint density at radius 2 is 1.97 bits per heavy atom. The second-order valence-electron chi connectivity index (χ2n) is 8.39. The van der Waals surface area contributed by atoms with Gasteiger partial charge in [0.2, 0.25) is 6.79 Å². The minimum Gasteiger partial charge on any atom is -0.454 e. The molecule has 1 aliphatic heterocycles. The molecule has 0 saturated heterocycles. The van der Waals surface area contributed by atoms with Gasteiger partial charge in [0.1, 0.15) is 11.3 Å². The zero-order chi connectivity index (χ0) is 23.5. The van der Waals surface area contributed by atoms with E-state index in [0.717, 1.165) is 12.1 Å². The number of ether oxygens (including phenoxy) is 2. The molecule has 0 spiro atoms. The minimum absolute atomic E-state index is 0.00629. The summed E-state index contributed by atoms with van der Waals surface area (Å²) in [6.45, 7) is 4.55. The molecule has 0 bridgehead atoms. The van der Waals surface area contributed by atoms with Crippen molar-refractivity contribution in [1.29, 1.82) is 0 Å². The monoisotopic (exact) mass is 473 g/mol. The highest BCUT2D eigenvalue weighted by molar-refractivity contribution is 7.60. The Morgan fingerprint density at radius 3 is 2.67 bits per heavy atom. The summed E-state index contributed by atoms with van der Waals surface area (Å²) in [5.41, 5.74) is 1.90. The van der Waals surface area contributed by atoms with Crippen LogP contribution in [0.2, 0.25) is 0 Å². The van der Waals surface area contributed by atoms with Crippen molar-refractivity contribution < 1.29 is 28.2 Å². The lowest BCUT2D eigenvalue weighted by Crippen LogP contribution is -2.26. The molecule has 2 aromatic heterocycles. The van der Waals surface area contributed by atoms with Gasteiger partial charge in [0.25, 0.3) is 0 Å². The zero-order valence-electron chi connectivity index (χ0n) is 17.9. The van der Waals surface area contributed by atoms with Gasteiger partial charge in [-0.15, -0.1) is 0 Å². The van der Waals surface area contributed by atoms with Crippen LogP contribution in [0.1, 0.15) is 19.4 Å². The molecule has 2 aromatic carbocycles. The maximum Gasteiger partial charge on any atom is 0.359 e. The number of rotatable bonds is 5. The summed E-state index contributed by atoms with van der Waals surface area (Å²) in [7, 11) is -4.74. The number of hydrogen-bond acceptors (Lipinski definition) is 5. The average Bonchev–Trinajstić information content (AvgIpc) is 3.31. The third-order valence-corrected chi connectivity index (χ3v) is 6.55. The summed E-state index contributed by atoms with van der Waals surface area (Å²) in [5.74, 6) is 0.242. The smallest absolute Gasteiger partial charge is 0.359 e. The third kappa shape index (κ3) is 3.60. The summed E-state index contributed by atoms with van der Waals surface area (Å²) in [6.07, 6.45) is 1.62. The summed E-state index contributed by atoms with van der Waals surface area (Å²) >= 11 is 0. The largest absolute Gasteiger partial charge is 0.454 e. The van der Waals surface area contributed by atoms with Gasteiger partial charge in [0, 0.05) is 11.9 Å². The van der Waals surface area contributed by atoms with E-state index in [1.54, 1.807) is 16.8 Å². The van der Waals surface area contributed by atoms with Gasteiger partial charge in [0.05, 0.1) is 29.1 Å². The van der Waals surface area contributed by atoms with Crippen molar-refractivity contribution in [2.45, 2.75) is 26.9 Å². The molecular formula is C22H21FN3O6P. The topological polar surface area (TPSA) is 116 Å². The molecule has 0 unspecified atom stereocenters. The number of halogens is 1. The molecule has 0 radical (unpaired) electrons. The van der Waals surface area contributed by atoms with Crippen molar-refractivity contribution in [3.63, 3.8) is 0 Å². The van der Waals surface area contributed by atoms with E-state index in [0.29, 0.717) is 45.5 Å². The van der Waals surface area contributed by atoms with Gasteiger partial charge >= 0.3 is 13.3 Å². The highest BCUT2D eigenvalue weighted by Crippen LogP contribution is 2.40. The van der Waals surface area contributed by atoms with Gasteiger partial charge in [-0.3, -0.25) is 13.7 Å². The van der Waals surface area contributed by atoms with E-state index in [4.69, 9.17) is 9.47 Å². The van der Waals surface area contributed by atoms with Crippen LogP contribution in [0.5, 0.6) is 11.5 Å². The van der Waals surface area contributed by atoms with Gasteiger partial charge in [0.15, 0.2) is 11.5 Å². The molecule has 0 fully saturated rings. The van der Waals surface area contributed by atoms with Crippen LogP contribution in [-0.2, 0) is 17.7 Å². The highest BCUT2D eigenvalue weighted by Gasteiger charge is 2.25. The third-order valence-electron chi connectivity index (χ3n) is 5.56. The van der Waals surface area contributed by atoms with Crippen LogP contribution < -0.4 is 20.5 Å². The van der Waals surface area contributed by atoms with Crippen LogP contribution in [-0.4, -0.2) is 30.7 Å². The molecule has 4 aromatic rings. The van der Waals surface area contributed by atoms with Crippen LogP contribution >= 0.6 is 7.60 Å². The lowest BCUT2D eigenvalue weighted by molar-refractivity contribution is 0.174. The van der Waals surface area contributed by atoms with E-state index in [1.165, 1.54) is 10.6 Å². The Balaban J connectivity index is 1.74. The second-order valence-corrected chi connectivity index (χ2v) is 9.96. The molecule has 0 aliphatic carbocycles. The van der Waals surface area contributed by atoms with Gasteiger partial charge in [-0.05, 0) is 35.7 Å². The molecule has 2 N–H and O–H groups in total. The molecule has 5 rings (SSSR count). The normalized spacial score (nSPS) is 13.5. The predicted octanol–water partition coefficient (Wildman–Crippen LogP) is 2.73. The standard InChI is InChI=1S/C22H21FN3O6P/c1-12(2)9-25-16-8-24-19-14(4-5-17-21(19)32-11-31-17)20(16)26(22(25)27)10-13-3-6-18(15(23)7-13)33(28,29)30/h3-8,12H,9-11H2,1-2H3,(H2,28,29,30). The van der Waals surface area contributed by atoms with Gasteiger partial charge in [-0.2, -0.15) is 0 Å². The van der Waals surface area contributed by atoms with Crippen molar-refractivity contribution in [3.05, 3.63) is 58.4 Å². The molecule has 33 heavy (non-hydrogen) atoms. The summed E-state index contributed by atoms with van der Waals surface area (Å²) in [4.78, 5) is 36.6. The number of nitrogens with zero attached hydrogens (tertiary/aromatic N) is 3. The molecule has 0 atom stereocenters. The van der Waals surface area contributed by atoms with Gasteiger partial charge in [-0.1, -0.05) is 19.9 Å². The quantitative estimate of drug-likeness (QED) is 0.428. The minimum atomic E-state index is -4.74. The summed E-state index contributed by atoms with van der Waals surface area (Å²) in [6, 6.07) is 7.08. The average molecular weight is 473 g/mol. The van der Waals surface area contributed by atoms with Gasteiger partial charge in [-0.25, -0.2) is 14.2 Å². The second kappa shape index (κ2) is 7.69. The van der Waals surface area contributed by atoms with Crippen molar-refractivity contribution in [2.75, 3.05) is 6.79 Å². The highest BCUT2D eigenvalue weighted by atomic mass is 31.2. The summed E-state index contributed by atoms with van der Waals surface area (Å²) < 4.78 is 40.1. The number of imidazole rings is 1. The SMILES string of the molecule is CC(C)Cn1c(=O)n(Cc2ccc(P(=O)(O)O)c(F)c2)c2c3ccc4c(c3ncc21)OCO4. The Labute approximate surface area is 187 Å².